The molecule has 0 radical (unpaired) electrons. The molecule has 0 N–H and O–H groups in total. The Morgan fingerprint density at radius 1 is 0.553 bits per heavy atom. The fourth-order valence-corrected chi connectivity index (χ4v) is 6.84. The average molecular weight is 486 g/mol. The number of hydrogen-bond acceptors (Lipinski definition) is 0. The molecule has 2 atom stereocenters. The van der Waals surface area contributed by atoms with Gasteiger partial charge in [-0.1, -0.05) is 115 Å². The summed E-state index contributed by atoms with van der Waals surface area (Å²) in [5.74, 6) is 0.451. The molecule has 1 heterocycles. The van der Waals surface area contributed by atoms with E-state index >= 15 is 0 Å². The van der Waals surface area contributed by atoms with Gasteiger partial charge in [0.2, 0.25) is 0 Å². The van der Waals surface area contributed by atoms with Crippen LogP contribution in [0.25, 0.3) is 38.3 Å². The van der Waals surface area contributed by atoms with Crippen LogP contribution in [0.5, 0.6) is 0 Å². The second kappa shape index (κ2) is 8.19. The second-order valence-electron chi connectivity index (χ2n) is 10.6. The molecule has 0 saturated heterocycles. The summed E-state index contributed by atoms with van der Waals surface area (Å²) >= 11 is 0. The third-order valence-corrected chi connectivity index (χ3v) is 8.60. The summed E-state index contributed by atoms with van der Waals surface area (Å²) in [5.41, 5.74) is 7.94. The normalized spacial score (nSPS) is 18.8. The van der Waals surface area contributed by atoms with E-state index in [-0.39, 0.29) is 5.41 Å². The van der Waals surface area contributed by atoms with Gasteiger partial charge < -0.3 is 4.57 Å². The van der Waals surface area contributed by atoms with Gasteiger partial charge in [0.1, 0.15) is 0 Å². The van der Waals surface area contributed by atoms with Gasteiger partial charge in [-0.3, -0.25) is 0 Å². The molecule has 1 nitrogen and oxygen atoms in total. The molecule has 180 valence electrons. The van der Waals surface area contributed by atoms with Crippen molar-refractivity contribution in [3.05, 3.63) is 162 Å². The SMILES string of the molecule is c1ccc(C2C[C@@]2(c2ccccc2)c2cccc3c2c2cc4ccccc4cc2n3-c2ccccc2)cc1. The Kier molecular flexibility index (Phi) is 4.63. The monoisotopic (exact) mass is 485 g/mol. The molecule has 1 aromatic heterocycles. The molecule has 0 spiro atoms. The number of fused-ring (bicyclic) bond motifs is 4. The number of hydrogen-bond donors (Lipinski definition) is 0. The van der Waals surface area contributed by atoms with Crippen molar-refractivity contribution in [3.8, 4) is 5.69 Å². The van der Waals surface area contributed by atoms with E-state index in [0.29, 0.717) is 5.92 Å². The summed E-state index contributed by atoms with van der Waals surface area (Å²) < 4.78 is 2.46. The first-order chi connectivity index (χ1) is 18.8. The Balaban J connectivity index is 1.50. The first kappa shape index (κ1) is 21.5. The van der Waals surface area contributed by atoms with Crippen LogP contribution in [0.4, 0.5) is 0 Å². The Hall–Kier alpha value is -4.62. The smallest absolute Gasteiger partial charge is 0.0547 e. The standard InChI is InChI=1S/C37H27N/c1-4-13-26(14-5-1)33-25-37(33,29-17-6-2-7-18-29)32-21-12-22-34-36(32)31-23-27-15-10-11-16-28(27)24-35(31)38(34)30-19-8-3-9-20-30/h1-24,33H,25H2/t33?,37-/m1/s1. The van der Waals surface area contributed by atoms with E-state index in [1.165, 1.54) is 55.0 Å². The molecule has 8 rings (SSSR count). The van der Waals surface area contributed by atoms with Gasteiger partial charge in [0.15, 0.2) is 0 Å². The fourth-order valence-electron chi connectivity index (χ4n) is 6.84. The highest BCUT2D eigenvalue weighted by atomic mass is 15.0. The lowest BCUT2D eigenvalue weighted by atomic mass is 9.82. The van der Waals surface area contributed by atoms with Gasteiger partial charge in [-0.2, -0.15) is 0 Å². The maximum atomic E-state index is 2.46. The molecule has 1 unspecified atom stereocenters. The fraction of sp³-hybridized carbons (Fsp3) is 0.0811. The van der Waals surface area contributed by atoms with Crippen molar-refractivity contribution in [1.29, 1.82) is 0 Å². The van der Waals surface area contributed by atoms with Crippen molar-refractivity contribution in [2.75, 3.05) is 0 Å². The maximum Gasteiger partial charge on any atom is 0.0547 e. The zero-order valence-electron chi connectivity index (χ0n) is 21.1. The Morgan fingerprint density at radius 3 is 1.92 bits per heavy atom. The number of benzene rings is 6. The van der Waals surface area contributed by atoms with E-state index < -0.39 is 0 Å². The van der Waals surface area contributed by atoms with E-state index in [0.717, 1.165) is 6.42 Å². The summed E-state index contributed by atoms with van der Waals surface area (Å²) in [4.78, 5) is 0. The Bertz CT molecular complexity index is 1930. The summed E-state index contributed by atoms with van der Waals surface area (Å²) in [7, 11) is 0. The number of aromatic nitrogens is 1. The van der Waals surface area contributed by atoms with Crippen LogP contribution in [0, 0.1) is 0 Å². The quantitative estimate of drug-likeness (QED) is 0.234. The highest BCUT2D eigenvalue weighted by Gasteiger charge is 2.57. The number of para-hydroxylation sites is 1. The van der Waals surface area contributed by atoms with Crippen LogP contribution in [0.3, 0.4) is 0 Å². The topological polar surface area (TPSA) is 4.93 Å². The summed E-state index contributed by atoms with van der Waals surface area (Å²) in [6.45, 7) is 0. The largest absolute Gasteiger partial charge is 0.309 e. The molecule has 1 saturated carbocycles. The number of rotatable bonds is 4. The van der Waals surface area contributed by atoms with Crippen molar-refractivity contribution in [1.82, 2.24) is 4.57 Å². The minimum Gasteiger partial charge on any atom is -0.309 e. The van der Waals surface area contributed by atoms with Crippen molar-refractivity contribution in [2.45, 2.75) is 17.8 Å². The summed E-state index contributed by atoms with van der Waals surface area (Å²) in [5, 5.41) is 5.26. The molecule has 1 aliphatic rings. The lowest BCUT2D eigenvalue weighted by molar-refractivity contribution is 0.812. The summed E-state index contributed by atoms with van der Waals surface area (Å²) in [6.07, 6.45) is 1.12. The lowest BCUT2D eigenvalue weighted by Crippen LogP contribution is -2.12. The molecule has 0 amide bonds. The van der Waals surface area contributed by atoms with Crippen LogP contribution < -0.4 is 0 Å². The van der Waals surface area contributed by atoms with E-state index in [2.05, 4.69) is 150 Å². The summed E-state index contributed by atoms with van der Waals surface area (Å²) in [6, 6.07) is 53.5. The predicted molar refractivity (Wildman–Crippen MR) is 159 cm³/mol. The number of nitrogens with zero attached hydrogens (tertiary/aromatic N) is 1. The molecule has 0 bridgehead atoms. The molecule has 1 heteroatoms. The second-order valence-corrected chi connectivity index (χ2v) is 10.6. The molecule has 1 aliphatic carbocycles. The Labute approximate surface area is 222 Å². The first-order valence-corrected chi connectivity index (χ1v) is 13.5. The molecule has 38 heavy (non-hydrogen) atoms. The third kappa shape index (κ3) is 3.05. The van der Waals surface area contributed by atoms with Crippen molar-refractivity contribution >= 4 is 32.6 Å². The average Bonchev–Trinajstić information content (AvgIpc) is 3.67. The molecule has 6 aromatic carbocycles. The molecular weight excluding hydrogens is 458 g/mol. The molecule has 0 aliphatic heterocycles. The van der Waals surface area contributed by atoms with Gasteiger partial charge >= 0.3 is 0 Å². The van der Waals surface area contributed by atoms with E-state index in [1.54, 1.807) is 0 Å². The van der Waals surface area contributed by atoms with Gasteiger partial charge in [0.25, 0.3) is 0 Å². The highest BCUT2D eigenvalue weighted by molar-refractivity contribution is 6.15. The zero-order chi connectivity index (χ0) is 25.1. The third-order valence-electron chi connectivity index (χ3n) is 8.60. The van der Waals surface area contributed by atoms with Crippen LogP contribution in [0.2, 0.25) is 0 Å². The Morgan fingerprint density at radius 2 is 1.18 bits per heavy atom. The lowest BCUT2D eigenvalue weighted by Gasteiger charge is -2.21. The molecular formula is C37H27N. The van der Waals surface area contributed by atoms with Gasteiger partial charge in [0.05, 0.1) is 11.0 Å². The van der Waals surface area contributed by atoms with Gasteiger partial charge in [0, 0.05) is 21.9 Å². The van der Waals surface area contributed by atoms with Crippen LogP contribution in [0.1, 0.15) is 29.0 Å². The van der Waals surface area contributed by atoms with Crippen LogP contribution in [-0.2, 0) is 5.41 Å². The van der Waals surface area contributed by atoms with Crippen LogP contribution in [-0.4, -0.2) is 4.57 Å². The van der Waals surface area contributed by atoms with Crippen molar-refractivity contribution in [2.24, 2.45) is 0 Å². The van der Waals surface area contributed by atoms with Crippen LogP contribution >= 0.6 is 0 Å². The maximum absolute atomic E-state index is 2.46. The van der Waals surface area contributed by atoms with Gasteiger partial charge in [-0.25, -0.2) is 0 Å². The molecule has 7 aromatic rings. The van der Waals surface area contributed by atoms with Crippen molar-refractivity contribution < 1.29 is 0 Å². The molecule has 1 fully saturated rings. The minimum absolute atomic E-state index is 0.0520. The predicted octanol–water partition coefficient (Wildman–Crippen LogP) is 9.41. The first-order valence-electron chi connectivity index (χ1n) is 13.5. The van der Waals surface area contributed by atoms with E-state index in [1.807, 2.05) is 0 Å². The van der Waals surface area contributed by atoms with Gasteiger partial charge in [-0.15, -0.1) is 0 Å². The highest BCUT2D eigenvalue weighted by Crippen LogP contribution is 2.65. The van der Waals surface area contributed by atoms with E-state index in [9.17, 15) is 0 Å². The minimum atomic E-state index is -0.0520. The van der Waals surface area contributed by atoms with Crippen LogP contribution in [0.15, 0.2) is 146 Å². The van der Waals surface area contributed by atoms with Crippen molar-refractivity contribution in [3.63, 3.8) is 0 Å². The van der Waals surface area contributed by atoms with Gasteiger partial charge in [-0.05, 0) is 70.1 Å². The zero-order valence-corrected chi connectivity index (χ0v) is 21.1. The van der Waals surface area contributed by atoms with E-state index in [4.69, 9.17) is 0 Å².